The molecule has 0 radical (unpaired) electrons. The fourth-order valence-corrected chi connectivity index (χ4v) is 2.01. The molecule has 1 fully saturated rings. The van der Waals surface area contributed by atoms with E-state index in [2.05, 4.69) is 4.98 Å². The van der Waals surface area contributed by atoms with Crippen LogP contribution in [-0.2, 0) is 0 Å². The van der Waals surface area contributed by atoms with Crippen molar-refractivity contribution in [3.05, 3.63) is 35.3 Å². The molecule has 1 heterocycles. The smallest absolute Gasteiger partial charge is 0.128 e. The van der Waals surface area contributed by atoms with Gasteiger partial charge in [0.2, 0.25) is 0 Å². The summed E-state index contributed by atoms with van der Waals surface area (Å²) in [5, 5.41) is 1.20. The van der Waals surface area contributed by atoms with Gasteiger partial charge in [0.05, 0.1) is 0 Å². The molecule has 0 bridgehead atoms. The van der Waals surface area contributed by atoms with Crippen molar-refractivity contribution in [1.82, 2.24) is 4.98 Å². The van der Waals surface area contributed by atoms with Crippen LogP contribution in [0.5, 0.6) is 0 Å². The van der Waals surface area contributed by atoms with Crippen molar-refractivity contribution >= 4 is 10.9 Å². The molecule has 14 heavy (non-hydrogen) atoms. The Labute approximate surface area is 81.9 Å². The average Bonchev–Trinajstić information content (AvgIpc) is 2.91. The summed E-state index contributed by atoms with van der Waals surface area (Å²) in [4.78, 5) is 3.14. The highest BCUT2D eigenvalue weighted by Gasteiger charge is 2.26. The molecule has 2 aromatic rings. The predicted octanol–water partition coefficient (Wildman–Crippen LogP) is 3.49. The number of hydrogen-bond donors (Lipinski definition) is 1. The molecule has 1 aromatic heterocycles. The predicted molar refractivity (Wildman–Crippen MR) is 55.0 cm³/mol. The van der Waals surface area contributed by atoms with Crippen LogP contribution in [0.25, 0.3) is 10.9 Å². The molecular formula is C12H12FN. The highest BCUT2D eigenvalue weighted by atomic mass is 19.1. The Morgan fingerprint density at radius 1 is 1.36 bits per heavy atom. The Morgan fingerprint density at radius 3 is 2.86 bits per heavy atom. The zero-order valence-electron chi connectivity index (χ0n) is 8.10. The molecule has 1 aliphatic rings. The zero-order valence-corrected chi connectivity index (χ0v) is 8.10. The van der Waals surface area contributed by atoms with Gasteiger partial charge in [-0.2, -0.15) is 0 Å². The van der Waals surface area contributed by atoms with Crippen molar-refractivity contribution in [2.75, 3.05) is 0 Å². The first-order valence-corrected chi connectivity index (χ1v) is 5.03. The summed E-state index contributed by atoms with van der Waals surface area (Å²) in [5.74, 6) is 0.593. The molecule has 0 saturated heterocycles. The summed E-state index contributed by atoms with van der Waals surface area (Å²) < 4.78 is 13.3. The van der Waals surface area contributed by atoms with Gasteiger partial charge in [0.1, 0.15) is 5.82 Å². The van der Waals surface area contributed by atoms with Gasteiger partial charge in [0, 0.05) is 17.1 Å². The minimum Gasteiger partial charge on any atom is -0.361 e. The topological polar surface area (TPSA) is 15.8 Å². The maximum atomic E-state index is 13.3. The summed E-state index contributed by atoms with van der Waals surface area (Å²) >= 11 is 0. The molecule has 0 spiro atoms. The quantitative estimate of drug-likeness (QED) is 0.706. The highest BCUT2D eigenvalue weighted by Crippen LogP contribution is 2.43. The van der Waals surface area contributed by atoms with Crippen LogP contribution in [0.4, 0.5) is 4.39 Å². The van der Waals surface area contributed by atoms with E-state index in [9.17, 15) is 4.39 Å². The molecule has 0 unspecified atom stereocenters. The van der Waals surface area contributed by atoms with Crippen LogP contribution in [0.3, 0.4) is 0 Å². The molecule has 0 amide bonds. The van der Waals surface area contributed by atoms with Crippen molar-refractivity contribution in [3.8, 4) is 0 Å². The third-order valence-electron chi connectivity index (χ3n) is 3.01. The monoisotopic (exact) mass is 189 g/mol. The summed E-state index contributed by atoms with van der Waals surface area (Å²) in [6, 6.07) is 3.55. The molecule has 0 aliphatic heterocycles. The normalized spacial score (nSPS) is 16.4. The molecule has 1 aromatic carbocycles. The van der Waals surface area contributed by atoms with Crippen molar-refractivity contribution in [3.63, 3.8) is 0 Å². The van der Waals surface area contributed by atoms with Crippen molar-refractivity contribution in [2.24, 2.45) is 0 Å². The van der Waals surface area contributed by atoms with Crippen LogP contribution >= 0.6 is 0 Å². The van der Waals surface area contributed by atoms with Crippen LogP contribution in [0.15, 0.2) is 18.3 Å². The fourth-order valence-electron chi connectivity index (χ4n) is 2.01. The second-order valence-corrected chi connectivity index (χ2v) is 4.17. The van der Waals surface area contributed by atoms with E-state index < -0.39 is 0 Å². The molecule has 0 atom stereocenters. The third kappa shape index (κ3) is 1.07. The van der Waals surface area contributed by atoms with E-state index in [1.165, 1.54) is 23.8 Å². The lowest BCUT2D eigenvalue weighted by Gasteiger charge is -1.98. The van der Waals surface area contributed by atoms with Gasteiger partial charge < -0.3 is 4.98 Å². The maximum absolute atomic E-state index is 13.3. The molecule has 1 saturated carbocycles. The number of nitrogens with one attached hydrogen (secondary N) is 1. The Balaban J connectivity index is 2.29. The van der Waals surface area contributed by atoms with Crippen LogP contribution < -0.4 is 0 Å². The second-order valence-electron chi connectivity index (χ2n) is 4.17. The van der Waals surface area contributed by atoms with Crippen LogP contribution in [0.2, 0.25) is 0 Å². The average molecular weight is 189 g/mol. The summed E-state index contributed by atoms with van der Waals surface area (Å²) in [5.41, 5.74) is 3.03. The molecule has 2 heteroatoms. The fraction of sp³-hybridized carbons (Fsp3) is 0.333. The van der Waals surface area contributed by atoms with E-state index in [0.717, 1.165) is 11.1 Å². The lowest BCUT2D eigenvalue weighted by molar-refractivity contribution is 0.620. The van der Waals surface area contributed by atoms with Crippen LogP contribution in [0, 0.1) is 12.7 Å². The molecule has 1 N–H and O–H groups in total. The Bertz CT molecular complexity index is 494. The number of aromatic amines is 1. The second kappa shape index (κ2) is 2.59. The highest BCUT2D eigenvalue weighted by molar-refractivity contribution is 5.84. The number of hydrogen-bond acceptors (Lipinski definition) is 0. The van der Waals surface area contributed by atoms with Crippen molar-refractivity contribution in [2.45, 2.75) is 25.7 Å². The van der Waals surface area contributed by atoms with E-state index >= 15 is 0 Å². The van der Waals surface area contributed by atoms with Crippen LogP contribution in [-0.4, -0.2) is 4.98 Å². The minimum absolute atomic E-state index is 0.123. The van der Waals surface area contributed by atoms with E-state index in [1.807, 2.05) is 19.2 Å². The number of benzene rings is 1. The first kappa shape index (κ1) is 8.04. The standard InChI is InChI=1S/C12H12FN/c1-7-4-9-10(8-2-3-8)6-14-12(9)5-11(7)13/h4-6,8,14H,2-3H2,1H3. The molecule has 72 valence electrons. The summed E-state index contributed by atoms with van der Waals surface area (Å²) in [6.07, 6.45) is 4.59. The number of fused-ring (bicyclic) bond motifs is 1. The lowest BCUT2D eigenvalue weighted by atomic mass is 10.1. The summed E-state index contributed by atoms with van der Waals surface area (Å²) in [6.45, 7) is 1.82. The first-order valence-electron chi connectivity index (χ1n) is 5.03. The van der Waals surface area contributed by atoms with Gasteiger partial charge in [0.15, 0.2) is 0 Å². The molecule has 1 nitrogen and oxygen atoms in total. The molecule has 3 rings (SSSR count). The van der Waals surface area contributed by atoms with E-state index in [4.69, 9.17) is 0 Å². The zero-order chi connectivity index (χ0) is 9.71. The number of H-pyrrole nitrogens is 1. The summed E-state index contributed by atoms with van der Waals surface area (Å²) in [7, 11) is 0. The van der Waals surface area contributed by atoms with Gasteiger partial charge in [-0.25, -0.2) is 4.39 Å². The Kier molecular flexibility index (Phi) is 1.49. The lowest BCUT2D eigenvalue weighted by Crippen LogP contribution is -1.82. The number of rotatable bonds is 1. The molecular weight excluding hydrogens is 177 g/mol. The molecule has 1 aliphatic carbocycles. The largest absolute Gasteiger partial charge is 0.361 e. The Morgan fingerprint density at radius 2 is 2.14 bits per heavy atom. The number of aromatic nitrogens is 1. The van der Waals surface area contributed by atoms with E-state index in [1.54, 1.807) is 6.07 Å². The third-order valence-corrected chi connectivity index (χ3v) is 3.01. The van der Waals surface area contributed by atoms with Gasteiger partial charge in [0.25, 0.3) is 0 Å². The van der Waals surface area contributed by atoms with E-state index in [-0.39, 0.29) is 5.82 Å². The van der Waals surface area contributed by atoms with Crippen molar-refractivity contribution < 1.29 is 4.39 Å². The maximum Gasteiger partial charge on any atom is 0.128 e. The van der Waals surface area contributed by atoms with Crippen molar-refractivity contribution in [1.29, 1.82) is 0 Å². The van der Waals surface area contributed by atoms with Gasteiger partial charge in [-0.05, 0) is 48.9 Å². The van der Waals surface area contributed by atoms with Gasteiger partial charge >= 0.3 is 0 Å². The van der Waals surface area contributed by atoms with Gasteiger partial charge in [-0.3, -0.25) is 0 Å². The first-order chi connectivity index (χ1) is 6.75. The Hall–Kier alpha value is -1.31. The van der Waals surface area contributed by atoms with E-state index in [0.29, 0.717) is 5.92 Å². The minimum atomic E-state index is -0.123. The SMILES string of the molecule is Cc1cc2c(C3CC3)c[nH]c2cc1F. The van der Waals surface area contributed by atoms with Gasteiger partial charge in [-0.15, -0.1) is 0 Å². The van der Waals surface area contributed by atoms with Gasteiger partial charge in [-0.1, -0.05) is 0 Å². The van der Waals surface area contributed by atoms with Crippen LogP contribution in [0.1, 0.15) is 29.9 Å². The number of aryl methyl sites for hydroxylation is 1. The number of halogens is 1.